The van der Waals surface area contributed by atoms with Crippen LogP contribution in [-0.2, 0) is 4.74 Å². The molecule has 0 radical (unpaired) electrons. The van der Waals surface area contributed by atoms with Crippen LogP contribution in [0, 0.1) is 13.8 Å². The second-order valence-corrected chi connectivity index (χ2v) is 7.00. The molecular formula is C20H27N5O5. The highest BCUT2D eigenvalue weighted by Crippen LogP contribution is 2.29. The number of pyridine rings is 1. The van der Waals surface area contributed by atoms with E-state index in [0.29, 0.717) is 49.3 Å². The van der Waals surface area contributed by atoms with Gasteiger partial charge in [0.1, 0.15) is 18.8 Å². The molecule has 1 saturated heterocycles. The van der Waals surface area contributed by atoms with Crippen LogP contribution in [0.1, 0.15) is 30.4 Å². The van der Waals surface area contributed by atoms with Gasteiger partial charge in [-0.1, -0.05) is 0 Å². The standard InChI is InChI=1S/C20H27N5O5/c1-13-10-16(29-9-8-28-3)21-11-15(13)24-18-14(2)19(23-12-22-18)30-17-6-4-5-7-25(17)20(26)27/h10-12,17H,4-9H2,1-3H3,(H,26,27)(H,22,23,24). The van der Waals surface area contributed by atoms with Crippen LogP contribution in [0.5, 0.6) is 11.8 Å². The van der Waals surface area contributed by atoms with Crippen molar-refractivity contribution in [1.29, 1.82) is 0 Å². The molecule has 30 heavy (non-hydrogen) atoms. The maximum Gasteiger partial charge on any atom is 0.410 e. The third-order valence-corrected chi connectivity index (χ3v) is 4.86. The third kappa shape index (κ3) is 5.26. The number of rotatable bonds is 8. The summed E-state index contributed by atoms with van der Waals surface area (Å²) in [5, 5.41) is 12.6. The first-order chi connectivity index (χ1) is 14.5. The molecule has 2 aromatic heterocycles. The van der Waals surface area contributed by atoms with E-state index in [1.165, 1.54) is 11.2 Å². The van der Waals surface area contributed by atoms with E-state index in [9.17, 15) is 9.90 Å². The van der Waals surface area contributed by atoms with Crippen molar-refractivity contribution in [3.63, 3.8) is 0 Å². The number of likely N-dealkylation sites (tertiary alicyclic amines) is 1. The Morgan fingerprint density at radius 1 is 1.27 bits per heavy atom. The van der Waals surface area contributed by atoms with E-state index in [1.54, 1.807) is 13.3 Å². The Morgan fingerprint density at radius 2 is 2.10 bits per heavy atom. The largest absolute Gasteiger partial charge is 0.475 e. The first-order valence-electron chi connectivity index (χ1n) is 9.83. The summed E-state index contributed by atoms with van der Waals surface area (Å²) in [7, 11) is 1.62. The summed E-state index contributed by atoms with van der Waals surface area (Å²) in [6.45, 7) is 5.14. The Morgan fingerprint density at radius 3 is 2.83 bits per heavy atom. The van der Waals surface area contributed by atoms with Gasteiger partial charge in [0.2, 0.25) is 11.8 Å². The molecular weight excluding hydrogens is 390 g/mol. The normalized spacial score (nSPS) is 16.2. The molecule has 162 valence electrons. The Kier molecular flexibility index (Phi) is 7.23. The molecule has 1 aliphatic heterocycles. The van der Waals surface area contributed by atoms with Gasteiger partial charge in [-0.15, -0.1) is 0 Å². The molecule has 1 atom stereocenters. The van der Waals surface area contributed by atoms with E-state index in [2.05, 4.69) is 20.3 Å². The summed E-state index contributed by atoms with van der Waals surface area (Å²) < 4.78 is 16.4. The first-order valence-corrected chi connectivity index (χ1v) is 9.83. The smallest absolute Gasteiger partial charge is 0.410 e. The fourth-order valence-corrected chi connectivity index (χ4v) is 3.15. The summed E-state index contributed by atoms with van der Waals surface area (Å²) >= 11 is 0. The van der Waals surface area contributed by atoms with Crippen LogP contribution in [0.3, 0.4) is 0 Å². The topological polar surface area (TPSA) is 119 Å². The van der Waals surface area contributed by atoms with Gasteiger partial charge in [0, 0.05) is 26.1 Å². The predicted molar refractivity (Wildman–Crippen MR) is 109 cm³/mol. The minimum Gasteiger partial charge on any atom is -0.475 e. The Bertz CT molecular complexity index is 879. The number of ether oxygens (including phenoxy) is 3. The van der Waals surface area contributed by atoms with E-state index in [0.717, 1.165) is 24.1 Å². The lowest BCUT2D eigenvalue weighted by molar-refractivity contribution is 0.00292. The van der Waals surface area contributed by atoms with Crippen molar-refractivity contribution in [3.8, 4) is 11.8 Å². The van der Waals surface area contributed by atoms with Gasteiger partial charge in [0.05, 0.1) is 24.1 Å². The van der Waals surface area contributed by atoms with Gasteiger partial charge in [-0.2, -0.15) is 0 Å². The average Bonchev–Trinajstić information content (AvgIpc) is 2.73. The Labute approximate surface area is 175 Å². The van der Waals surface area contributed by atoms with E-state index >= 15 is 0 Å². The van der Waals surface area contributed by atoms with Crippen LogP contribution in [0.2, 0.25) is 0 Å². The molecule has 2 aromatic rings. The van der Waals surface area contributed by atoms with E-state index in [4.69, 9.17) is 14.2 Å². The zero-order valence-electron chi connectivity index (χ0n) is 17.4. The number of nitrogens with one attached hydrogen (secondary N) is 1. The number of anilines is 2. The van der Waals surface area contributed by atoms with Gasteiger partial charge in [0.15, 0.2) is 6.23 Å². The molecule has 1 fully saturated rings. The van der Waals surface area contributed by atoms with Crippen molar-refractivity contribution in [2.75, 3.05) is 32.2 Å². The molecule has 0 aromatic carbocycles. The highest BCUT2D eigenvalue weighted by atomic mass is 16.5. The molecule has 3 rings (SSSR count). The number of piperidine rings is 1. The highest BCUT2D eigenvalue weighted by molar-refractivity contribution is 5.65. The molecule has 1 aliphatic rings. The fraction of sp³-hybridized carbons (Fsp3) is 0.500. The van der Waals surface area contributed by atoms with Crippen molar-refractivity contribution < 1.29 is 24.1 Å². The van der Waals surface area contributed by atoms with Gasteiger partial charge >= 0.3 is 6.09 Å². The summed E-state index contributed by atoms with van der Waals surface area (Å²) in [6.07, 6.45) is 3.90. The Hall–Kier alpha value is -3.14. The van der Waals surface area contributed by atoms with Crippen LogP contribution >= 0.6 is 0 Å². The first kappa shape index (κ1) is 21.6. The third-order valence-electron chi connectivity index (χ3n) is 4.86. The molecule has 1 amide bonds. The quantitative estimate of drug-likeness (QED) is 0.624. The maximum atomic E-state index is 11.5. The summed E-state index contributed by atoms with van der Waals surface area (Å²) in [5.74, 6) is 1.44. The summed E-state index contributed by atoms with van der Waals surface area (Å²) in [6, 6.07) is 1.83. The van der Waals surface area contributed by atoms with E-state index in [1.807, 2.05) is 19.9 Å². The summed E-state index contributed by atoms with van der Waals surface area (Å²) in [4.78, 5) is 25.6. The van der Waals surface area contributed by atoms with Crippen LogP contribution in [0.25, 0.3) is 0 Å². The second-order valence-electron chi connectivity index (χ2n) is 7.00. The number of hydrogen-bond acceptors (Lipinski definition) is 8. The van der Waals surface area contributed by atoms with Gasteiger partial charge < -0.3 is 24.6 Å². The van der Waals surface area contributed by atoms with Crippen molar-refractivity contribution in [2.24, 2.45) is 0 Å². The van der Waals surface area contributed by atoms with Crippen molar-refractivity contribution in [1.82, 2.24) is 19.9 Å². The molecule has 3 heterocycles. The number of nitrogens with zero attached hydrogens (tertiary/aromatic N) is 4. The lowest BCUT2D eigenvalue weighted by Gasteiger charge is -2.33. The number of aromatic nitrogens is 3. The average molecular weight is 417 g/mol. The molecule has 1 unspecified atom stereocenters. The number of aryl methyl sites for hydroxylation is 1. The Balaban J connectivity index is 1.73. The summed E-state index contributed by atoms with van der Waals surface area (Å²) in [5.41, 5.74) is 2.39. The van der Waals surface area contributed by atoms with Gasteiger partial charge in [-0.05, 0) is 32.3 Å². The molecule has 0 spiro atoms. The lowest BCUT2D eigenvalue weighted by Crippen LogP contribution is -2.46. The number of carboxylic acid groups (broad SMARTS) is 1. The number of methoxy groups -OCH3 is 1. The fourth-order valence-electron chi connectivity index (χ4n) is 3.15. The maximum absolute atomic E-state index is 11.5. The van der Waals surface area contributed by atoms with Crippen molar-refractivity contribution in [3.05, 3.63) is 29.7 Å². The molecule has 0 aliphatic carbocycles. The minimum atomic E-state index is -0.987. The second kappa shape index (κ2) is 10.1. The molecule has 2 N–H and O–H groups in total. The zero-order valence-corrected chi connectivity index (χ0v) is 17.4. The zero-order chi connectivity index (χ0) is 21.5. The monoisotopic (exact) mass is 417 g/mol. The predicted octanol–water partition coefficient (Wildman–Crippen LogP) is 3.13. The van der Waals surface area contributed by atoms with E-state index in [-0.39, 0.29) is 0 Å². The van der Waals surface area contributed by atoms with Crippen LogP contribution < -0.4 is 14.8 Å². The van der Waals surface area contributed by atoms with E-state index < -0.39 is 12.3 Å². The number of hydrogen-bond donors (Lipinski definition) is 2. The molecule has 0 saturated carbocycles. The lowest BCUT2D eigenvalue weighted by atomic mass is 10.1. The van der Waals surface area contributed by atoms with Crippen LogP contribution in [0.15, 0.2) is 18.6 Å². The SMILES string of the molecule is COCCOc1cc(C)c(Nc2ncnc(OC3CCCCN3C(=O)O)c2C)cn1. The number of carbonyl (C=O) groups is 1. The van der Waals surface area contributed by atoms with Crippen LogP contribution in [0.4, 0.5) is 16.3 Å². The minimum absolute atomic E-state index is 0.357. The van der Waals surface area contributed by atoms with Gasteiger partial charge in [-0.25, -0.2) is 19.7 Å². The molecule has 0 bridgehead atoms. The molecule has 10 heteroatoms. The van der Waals surface area contributed by atoms with Gasteiger partial charge in [-0.3, -0.25) is 4.90 Å². The van der Waals surface area contributed by atoms with Crippen molar-refractivity contribution >= 4 is 17.6 Å². The molecule has 10 nitrogen and oxygen atoms in total. The van der Waals surface area contributed by atoms with Crippen LogP contribution in [-0.4, -0.2) is 64.1 Å². The highest BCUT2D eigenvalue weighted by Gasteiger charge is 2.29. The number of amides is 1. The van der Waals surface area contributed by atoms with Crippen molar-refractivity contribution in [2.45, 2.75) is 39.3 Å². The van der Waals surface area contributed by atoms with Gasteiger partial charge in [0.25, 0.3) is 0 Å².